The maximum atomic E-state index is 12.5. The Labute approximate surface area is 139 Å². The van der Waals surface area contributed by atoms with Crippen molar-refractivity contribution >= 4 is 27.3 Å². The van der Waals surface area contributed by atoms with Gasteiger partial charge in [-0.2, -0.15) is 13.2 Å². The molecule has 0 unspecified atom stereocenters. The molecule has 24 heavy (non-hydrogen) atoms. The molecule has 0 saturated heterocycles. The normalized spacial score (nSPS) is 16.0. The molecule has 128 valence electrons. The topological polar surface area (TPSA) is 75.3 Å². The largest absolute Gasteiger partial charge is 0.416 e. The van der Waals surface area contributed by atoms with E-state index in [1.807, 2.05) is 0 Å². The first-order valence-corrected chi connectivity index (χ1v) is 9.03. The highest BCUT2D eigenvalue weighted by molar-refractivity contribution is 7.92. The third-order valence-electron chi connectivity index (χ3n) is 3.43. The predicted molar refractivity (Wildman–Crippen MR) is 81.0 cm³/mol. The SMILES string of the molecule is O=C(NCc1ccc(C(F)(F)F)cc1)c1cc2c(s1)S(=O)(=O)NC2. The van der Waals surface area contributed by atoms with E-state index in [-0.39, 0.29) is 22.2 Å². The van der Waals surface area contributed by atoms with E-state index in [2.05, 4.69) is 10.0 Å². The van der Waals surface area contributed by atoms with Crippen molar-refractivity contribution in [3.05, 3.63) is 51.9 Å². The first-order valence-electron chi connectivity index (χ1n) is 6.73. The summed E-state index contributed by atoms with van der Waals surface area (Å²) in [5, 5.41) is 2.56. The zero-order chi connectivity index (χ0) is 17.5. The van der Waals surface area contributed by atoms with E-state index in [4.69, 9.17) is 0 Å². The van der Waals surface area contributed by atoms with Gasteiger partial charge < -0.3 is 5.32 Å². The van der Waals surface area contributed by atoms with Crippen LogP contribution in [-0.2, 0) is 29.3 Å². The monoisotopic (exact) mass is 376 g/mol. The lowest BCUT2D eigenvalue weighted by molar-refractivity contribution is -0.137. The number of alkyl halides is 3. The van der Waals surface area contributed by atoms with Gasteiger partial charge in [-0.1, -0.05) is 12.1 Å². The molecule has 0 spiro atoms. The van der Waals surface area contributed by atoms with Gasteiger partial charge in [-0.3, -0.25) is 4.79 Å². The van der Waals surface area contributed by atoms with Crippen LogP contribution < -0.4 is 10.0 Å². The zero-order valence-corrected chi connectivity index (χ0v) is 13.6. The van der Waals surface area contributed by atoms with Crippen LogP contribution in [-0.4, -0.2) is 14.3 Å². The number of halogens is 3. The molecular weight excluding hydrogens is 365 g/mol. The summed E-state index contributed by atoms with van der Waals surface area (Å²) < 4.78 is 63.2. The van der Waals surface area contributed by atoms with Crippen molar-refractivity contribution in [2.75, 3.05) is 0 Å². The molecule has 0 aliphatic carbocycles. The highest BCUT2D eigenvalue weighted by Gasteiger charge is 2.31. The summed E-state index contributed by atoms with van der Waals surface area (Å²) in [5.41, 5.74) is 0.291. The fourth-order valence-electron chi connectivity index (χ4n) is 2.19. The molecule has 3 rings (SSSR count). The molecule has 1 aliphatic rings. The van der Waals surface area contributed by atoms with Crippen LogP contribution in [0.3, 0.4) is 0 Å². The van der Waals surface area contributed by atoms with Crippen molar-refractivity contribution in [3.63, 3.8) is 0 Å². The van der Waals surface area contributed by atoms with Gasteiger partial charge in [-0.15, -0.1) is 11.3 Å². The highest BCUT2D eigenvalue weighted by Crippen LogP contribution is 2.31. The number of rotatable bonds is 3. The summed E-state index contributed by atoms with van der Waals surface area (Å²) in [7, 11) is -3.52. The van der Waals surface area contributed by atoms with Crippen LogP contribution in [0.15, 0.2) is 34.5 Å². The van der Waals surface area contributed by atoms with Gasteiger partial charge in [-0.05, 0) is 29.3 Å². The van der Waals surface area contributed by atoms with Crippen LogP contribution in [0.4, 0.5) is 13.2 Å². The summed E-state index contributed by atoms with van der Waals surface area (Å²) in [6, 6.07) is 5.95. The van der Waals surface area contributed by atoms with Gasteiger partial charge in [0.15, 0.2) is 0 Å². The van der Waals surface area contributed by atoms with E-state index in [0.717, 1.165) is 23.5 Å². The van der Waals surface area contributed by atoms with Crippen molar-refractivity contribution in [2.45, 2.75) is 23.5 Å². The summed E-state index contributed by atoms with van der Waals surface area (Å²) >= 11 is 0.867. The lowest BCUT2D eigenvalue weighted by Gasteiger charge is -2.08. The summed E-state index contributed by atoms with van der Waals surface area (Å²) in [6.07, 6.45) is -4.40. The second-order valence-corrected chi connectivity index (χ2v) is 8.14. The molecule has 0 bridgehead atoms. The molecule has 0 saturated carbocycles. The van der Waals surface area contributed by atoms with Crippen molar-refractivity contribution in [1.82, 2.24) is 10.0 Å². The number of carbonyl (C=O) groups is 1. The van der Waals surface area contributed by atoms with E-state index in [1.165, 1.54) is 18.2 Å². The lowest BCUT2D eigenvalue weighted by Crippen LogP contribution is -2.22. The van der Waals surface area contributed by atoms with Gasteiger partial charge in [0.1, 0.15) is 4.21 Å². The Morgan fingerprint density at radius 2 is 1.92 bits per heavy atom. The van der Waals surface area contributed by atoms with Gasteiger partial charge in [0.05, 0.1) is 10.4 Å². The van der Waals surface area contributed by atoms with E-state index < -0.39 is 27.7 Å². The molecule has 10 heteroatoms. The predicted octanol–water partition coefficient (Wildman–Crippen LogP) is 2.49. The molecular formula is C14H11F3N2O3S2. The molecule has 1 amide bonds. The maximum absolute atomic E-state index is 12.5. The third kappa shape index (κ3) is 3.30. The van der Waals surface area contributed by atoms with Gasteiger partial charge in [0.2, 0.25) is 0 Å². The lowest BCUT2D eigenvalue weighted by atomic mass is 10.1. The van der Waals surface area contributed by atoms with Crippen LogP contribution in [0.25, 0.3) is 0 Å². The van der Waals surface area contributed by atoms with Gasteiger partial charge in [0, 0.05) is 13.1 Å². The van der Waals surface area contributed by atoms with Crippen LogP contribution >= 0.6 is 11.3 Å². The zero-order valence-electron chi connectivity index (χ0n) is 12.0. The van der Waals surface area contributed by atoms with E-state index in [1.54, 1.807) is 0 Å². The molecule has 0 radical (unpaired) electrons. The molecule has 0 fully saturated rings. The Kier molecular flexibility index (Phi) is 4.14. The number of sulfonamides is 1. The third-order valence-corrected chi connectivity index (χ3v) is 6.58. The van der Waals surface area contributed by atoms with Gasteiger partial charge in [0.25, 0.3) is 15.9 Å². The van der Waals surface area contributed by atoms with Crippen LogP contribution in [0.2, 0.25) is 0 Å². The molecule has 2 aromatic rings. The first kappa shape index (κ1) is 16.9. The fourth-order valence-corrected chi connectivity index (χ4v) is 4.86. The van der Waals surface area contributed by atoms with Crippen LogP contribution in [0.5, 0.6) is 0 Å². The van der Waals surface area contributed by atoms with Crippen molar-refractivity contribution in [2.24, 2.45) is 0 Å². The van der Waals surface area contributed by atoms with Crippen molar-refractivity contribution < 1.29 is 26.4 Å². The molecule has 2 N–H and O–H groups in total. The van der Waals surface area contributed by atoms with Crippen LogP contribution in [0.1, 0.15) is 26.4 Å². The number of carbonyl (C=O) groups excluding carboxylic acids is 1. The summed E-state index contributed by atoms with van der Waals surface area (Å²) in [6.45, 7) is 0.199. The summed E-state index contributed by atoms with van der Waals surface area (Å²) in [4.78, 5) is 12.3. The molecule has 0 atom stereocenters. The second-order valence-electron chi connectivity index (χ2n) is 5.13. The standard InChI is InChI=1S/C14H11F3N2O3S2/c15-14(16,17)10-3-1-8(2-4-10)6-18-12(20)11-5-9-7-19-24(21,22)13(9)23-11/h1-5,19H,6-7H2,(H,18,20). The number of thiophene rings is 1. The highest BCUT2D eigenvalue weighted by atomic mass is 32.2. The molecule has 1 aliphatic heterocycles. The fraction of sp³-hybridized carbons (Fsp3) is 0.214. The molecule has 2 heterocycles. The number of hydrogen-bond acceptors (Lipinski definition) is 4. The Morgan fingerprint density at radius 1 is 1.25 bits per heavy atom. The Morgan fingerprint density at radius 3 is 2.50 bits per heavy atom. The Balaban J connectivity index is 1.66. The average molecular weight is 376 g/mol. The van der Waals surface area contributed by atoms with Crippen LogP contribution in [0, 0.1) is 0 Å². The molecule has 5 nitrogen and oxygen atoms in total. The minimum atomic E-state index is -4.40. The molecule has 1 aromatic heterocycles. The van der Waals surface area contributed by atoms with E-state index in [9.17, 15) is 26.4 Å². The average Bonchev–Trinajstić information content (AvgIpc) is 3.06. The minimum absolute atomic E-state index is 0.0462. The molecule has 1 aromatic carbocycles. The number of hydrogen-bond donors (Lipinski definition) is 2. The number of benzene rings is 1. The van der Waals surface area contributed by atoms with Crippen molar-refractivity contribution in [1.29, 1.82) is 0 Å². The van der Waals surface area contributed by atoms with Gasteiger partial charge in [-0.25, -0.2) is 13.1 Å². The maximum Gasteiger partial charge on any atom is 0.416 e. The second kappa shape index (κ2) is 5.87. The van der Waals surface area contributed by atoms with E-state index >= 15 is 0 Å². The first-order chi connectivity index (χ1) is 11.2. The van der Waals surface area contributed by atoms with E-state index in [0.29, 0.717) is 11.1 Å². The Hall–Kier alpha value is -1.91. The Bertz CT molecular complexity index is 887. The quantitative estimate of drug-likeness (QED) is 0.864. The minimum Gasteiger partial charge on any atom is -0.347 e. The van der Waals surface area contributed by atoms with Crippen molar-refractivity contribution in [3.8, 4) is 0 Å². The smallest absolute Gasteiger partial charge is 0.347 e. The number of fused-ring (bicyclic) bond motifs is 1. The summed E-state index contributed by atoms with van der Waals surface area (Å²) in [5.74, 6) is -0.468. The number of amides is 1. The number of nitrogens with one attached hydrogen (secondary N) is 2. The van der Waals surface area contributed by atoms with Gasteiger partial charge >= 0.3 is 6.18 Å².